The highest BCUT2D eigenvalue weighted by molar-refractivity contribution is 5.68. The maximum Gasteiger partial charge on any atom is 0.305 e. The number of allylic oxidation sites excluding steroid dienone is 2. The van der Waals surface area contributed by atoms with Gasteiger partial charge in [0.1, 0.15) is 0 Å². The second kappa shape index (κ2) is 27.8. The Hall–Kier alpha value is -0.830. The summed E-state index contributed by atoms with van der Waals surface area (Å²) in [5, 5.41) is 0. The minimum absolute atomic E-state index is 0.0735. The number of carbonyl (C=O) groups is 1. The van der Waals surface area contributed by atoms with Gasteiger partial charge in [-0.15, -0.1) is 0 Å². The van der Waals surface area contributed by atoms with E-state index in [2.05, 4.69) is 42.8 Å². The number of esters is 1. The number of rotatable bonds is 27. The van der Waals surface area contributed by atoms with E-state index in [1.807, 2.05) is 0 Å². The zero-order valence-corrected chi connectivity index (χ0v) is 24.5. The third kappa shape index (κ3) is 27.6. The summed E-state index contributed by atoms with van der Waals surface area (Å²) in [6.45, 7) is 3.58. The van der Waals surface area contributed by atoms with Crippen LogP contribution in [0.3, 0.4) is 0 Å². The minimum Gasteiger partial charge on any atom is -0.469 e. The first-order chi connectivity index (χ1) is 17.1. The van der Waals surface area contributed by atoms with Crippen LogP contribution in [0.4, 0.5) is 0 Å². The van der Waals surface area contributed by atoms with Gasteiger partial charge in [-0.05, 0) is 65.0 Å². The molecule has 0 N–H and O–H groups in total. The maximum atomic E-state index is 11.1. The molecule has 0 aliphatic carbocycles. The standard InChI is InChI=1S/C32H63NO2/c1-5-6-7-8-18-21-24-27-31(30-33(2)3)28-25-22-19-16-14-12-10-9-11-13-15-17-20-23-26-29-32(34)35-4/h9,11,31H,5-8,10,12-30H2,1-4H3. The van der Waals surface area contributed by atoms with Crippen molar-refractivity contribution in [1.29, 1.82) is 0 Å². The summed E-state index contributed by atoms with van der Waals surface area (Å²) < 4.78 is 4.67. The van der Waals surface area contributed by atoms with E-state index in [9.17, 15) is 4.79 Å². The zero-order valence-electron chi connectivity index (χ0n) is 24.5. The van der Waals surface area contributed by atoms with Crippen LogP contribution in [0.1, 0.15) is 155 Å². The number of hydrogen-bond acceptors (Lipinski definition) is 3. The quantitative estimate of drug-likeness (QED) is 0.0647. The Morgan fingerprint density at radius 3 is 1.54 bits per heavy atom. The summed E-state index contributed by atoms with van der Waals surface area (Å²) in [7, 11) is 5.94. The smallest absolute Gasteiger partial charge is 0.305 e. The van der Waals surface area contributed by atoms with Crippen molar-refractivity contribution in [2.45, 2.75) is 155 Å². The Kier molecular flexibility index (Phi) is 27.1. The van der Waals surface area contributed by atoms with Gasteiger partial charge in [0.15, 0.2) is 0 Å². The van der Waals surface area contributed by atoms with Gasteiger partial charge in [0, 0.05) is 13.0 Å². The molecule has 0 aromatic heterocycles. The number of carbonyl (C=O) groups excluding carboxylic acids is 1. The van der Waals surface area contributed by atoms with Crippen LogP contribution in [-0.2, 0) is 9.53 Å². The van der Waals surface area contributed by atoms with Gasteiger partial charge < -0.3 is 9.64 Å². The fourth-order valence-corrected chi connectivity index (χ4v) is 5.04. The van der Waals surface area contributed by atoms with E-state index in [1.165, 1.54) is 142 Å². The molecular weight excluding hydrogens is 430 g/mol. The number of unbranched alkanes of at least 4 members (excludes halogenated alkanes) is 17. The van der Waals surface area contributed by atoms with Crippen LogP contribution in [0.15, 0.2) is 12.2 Å². The molecule has 3 nitrogen and oxygen atoms in total. The molecule has 0 aromatic rings. The molecule has 0 rings (SSSR count). The van der Waals surface area contributed by atoms with Crippen LogP contribution < -0.4 is 0 Å². The number of ether oxygens (including phenoxy) is 1. The van der Waals surface area contributed by atoms with E-state index in [4.69, 9.17) is 0 Å². The highest BCUT2D eigenvalue weighted by Crippen LogP contribution is 2.20. The van der Waals surface area contributed by atoms with Crippen LogP contribution in [0.25, 0.3) is 0 Å². The van der Waals surface area contributed by atoms with Gasteiger partial charge in [-0.25, -0.2) is 0 Å². The molecule has 0 fully saturated rings. The molecule has 3 heteroatoms. The lowest BCUT2D eigenvalue weighted by molar-refractivity contribution is -0.140. The summed E-state index contributed by atoms with van der Waals surface area (Å²) in [5.74, 6) is 0.835. The first-order valence-electron chi connectivity index (χ1n) is 15.5. The maximum absolute atomic E-state index is 11.1. The SMILES string of the molecule is CCCCCCCCCC(CCCCCCCCC=CCCCCCCCC(=O)OC)CN(C)C. The molecule has 0 aliphatic heterocycles. The van der Waals surface area contributed by atoms with Crippen LogP contribution in [0, 0.1) is 5.92 Å². The first-order valence-corrected chi connectivity index (χ1v) is 15.5. The molecule has 1 unspecified atom stereocenters. The Morgan fingerprint density at radius 1 is 0.657 bits per heavy atom. The zero-order chi connectivity index (χ0) is 25.8. The van der Waals surface area contributed by atoms with Crippen LogP contribution in [-0.4, -0.2) is 38.6 Å². The summed E-state index contributed by atoms with van der Waals surface area (Å²) in [6, 6.07) is 0. The number of nitrogens with zero attached hydrogens (tertiary/aromatic N) is 1. The normalized spacial score (nSPS) is 12.6. The molecule has 0 saturated heterocycles. The Labute approximate surface area is 220 Å². The second-order valence-electron chi connectivity index (χ2n) is 11.1. The highest BCUT2D eigenvalue weighted by atomic mass is 16.5. The molecule has 208 valence electrons. The van der Waals surface area contributed by atoms with Gasteiger partial charge in [-0.3, -0.25) is 4.79 Å². The molecule has 0 amide bonds. The van der Waals surface area contributed by atoms with Crippen molar-refractivity contribution in [3.63, 3.8) is 0 Å². The van der Waals surface area contributed by atoms with Crippen molar-refractivity contribution in [3.05, 3.63) is 12.2 Å². The lowest BCUT2D eigenvalue weighted by Crippen LogP contribution is -2.21. The predicted molar refractivity (Wildman–Crippen MR) is 155 cm³/mol. The molecule has 0 spiro atoms. The van der Waals surface area contributed by atoms with Gasteiger partial charge in [0.25, 0.3) is 0 Å². The average Bonchev–Trinajstić information content (AvgIpc) is 2.84. The van der Waals surface area contributed by atoms with Gasteiger partial charge in [0.05, 0.1) is 7.11 Å². The van der Waals surface area contributed by atoms with Gasteiger partial charge >= 0.3 is 5.97 Å². The highest BCUT2D eigenvalue weighted by Gasteiger charge is 2.09. The molecule has 0 saturated carbocycles. The van der Waals surface area contributed by atoms with Crippen LogP contribution in [0.2, 0.25) is 0 Å². The molecular formula is C32H63NO2. The predicted octanol–water partition coefficient (Wildman–Crippen LogP) is 9.89. The van der Waals surface area contributed by atoms with Crippen molar-refractivity contribution in [2.24, 2.45) is 5.92 Å². The number of hydrogen-bond donors (Lipinski definition) is 0. The fourth-order valence-electron chi connectivity index (χ4n) is 5.04. The van der Waals surface area contributed by atoms with Crippen molar-refractivity contribution >= 4 is 5.97 Å². The van der Waals surface area contributed by atoms with E-state index in [-0.39, 0.29) is 5.97 Å². The average molecular weight is 494 g/mol. The van der Waals surface area contributed by atoms with Crippen molar-refractivity contribution in [1.82, 2.24) is 4.90 Å². The molecule has 0 aromatic carbocycles. The van der Waals surface area contributed by atoms with Gasteiger partial charge in [-0.2, -0.15) is 0 Å². The summed E-state index contributed by atoms with van der Waals surface area (Å²) in [6.07, 6.45) is 35.0. The van der Waals surface area contributed by atoms with Gasteiger partial charge in [-0.1, -0.05) is 115 Å². The Balaban J connectivity index is 3.50. The summed E-state index contributed by atoms with van der Waals surface area (Å²) in [5.41, 5.74) is 0. The molecule has 0 radical (unpaired) electrons. The summed E-state index contributed by atoms with van der Waals surface area (Å²) >= 11 is 0. The molecule has 1 atom stereocenters. The van der Waals surface area contributed by atoms with Crippen LogP contribution >= 0.6 is 0 Å². The van der Waals surface area contributed by atoms with E-state index >= 15 is 0 Å². The topological polar surface area (TPSA) is 29.5 Å². The van der Waals surface area contributed by atoms with E-state index in [0.29, 0.717) is 6.42 Å². The molecule has 0 heterocycles. The van der Waals surface area contributed by atoms with Crippen molar-refractivity contribution < 1.29 is 9.53 Å². The lowest BCUT2D eigenvalue weighted by Gasteiger charge is -2.21. The van der Waals surface area contributed by atoms with E-state index in [1.54, 1.807) is 0 Å². The molecule has 35 heavy (non-hydrogen) atoms. The number of methoxy groups -OCH3 is 1. The Morgan fingerprint density at radius 2 is 1.09 bits per heavy atom. The second-order valence-corrected chi connectivity index (χ2v) is 11.1. The Bertz CT molecular complexity index is 460. The van der Waals surface area contributed by atoms with Gasteiger partial charge in [0.2, 0.25) is 0 Å². The third-order valence-corrected chi connectivity index (χ3v) is 7.22. The van der Waals surface area contributed by atoms with E-state index < -0.39 is 0 Å². The lowest BCUT2D eigenvalue weighted by atomic mass is 9.93. The monoisotopic (exact) mass is 493 g/mol. The fraction of sp³-hybridized carbons (Fsp3) is 0.906. The van der Waals surface area contributed by atoms with Crippen LogP contribution in [0.5, 0.6) is 0 Å². The van der Waals surface area contributed by atoms with Crippen molar-refractivity contribution in [3.8, 4) is 0 Å². The van der Waals surface area contributed by atoms with E-state index in [0.717, 1.165) is 18.8 Å². The summed E-state index contributed by atoms with van der Waals surface area (Å²) in [4.78, 5) is 13.4. The minimum atomic E-state index is -0.0735. The van der Waals surface area contributed by atoms with Crippen molar-refractivity contribution in [2.75, 3.05) is 27.7 Å². The first kappa shape index (κ1) is 34.2. The molecule has 0 bridgehead atoms. The molecule has 0 aliphatic rings. The largest absolute Gasteiger partial charge is 0.469 e. The third-order valence-electron chi connectivity index (χ3n) is 7.22.